The molecule has 1 saturated heterocycles. The molecule has 1 fully saturated rings. The first-order valence-electron chi connectivity index (χ1n) is 7.37. The summed E-state index contributed by atoms with van der Waals surface area (Å²) in [5.41, 5.74) is 0.781. The molecule has 1 aliphatic rings. The summed E-state index contributed by atoms with van der Waals surface area (Å²) in [4.78, 5) is 25.8. The van der Waals surface area contributed by atoms with Crippen molar-refractivity contribution in [3.05, 3.63) is 24.3 Å². The molecule has 1 atom stereocenters. The first kappa shape index (κ1) is 15.4. The van der Waals surface area contributed by atoms with E-state index in [1.54, 1.807) is 12.0 Å². The zero-order valence-corrected chi connectivity index (χ0v) is 12.6. The standard InChI is InChI=1S/C16H22N2O3/c1-3-4-8-17-16(20)12-9-15(19)18(11-12)13-6-5-7-14(10-13)21-2/h5-7,10,12H,3-4,8-9,11H2,1-2H3,(H,17,20). The molecule has 2 rings (SSSR count). The van der Waals surface area contributed by atoms with Gasteiger partial charge in [0.15, 0.2) is 0 Å². The van der Waals surface area contributed by atoms with Crippen LogP contribution in [0.4, 0.5) is 5.69 Å². The number of amides is 2. The van der Waals surface area contributed by atoms with Crippen molar-refractivity contribution in [2.45, 2.75) is 26.2 Å². The molecule has 1 aromatic rings. The molecule has 1 unspecified atom stereocenters. The minimum Gasteiger partial charge on any atom is -0.497 e. The summed E-state index contributed by atoms with van der Waals surface area (Å²) in [5.74, 6) is 0.401. The maximum absolute atomic E-state index is 12.1. The fraction of sp³-hybridized carbons (Fsp3) is 0.500. The Kier molecular flexibility index (Phi) is 5.20. The van der Waals surface area contributed by atoms with Gasteiger partial charge >= 0.3 is 0 Å². The Morgan fingerprint density at radius 2 is 2.29 bits per heavy atom. The van der Waals surface area contributed by atoms with E-state index in [2.05, 4.69) is 12.2 Å². The van der Waals surface area contributed by atoms with Crippen LogP contribution in [0.25, 0.3) is 0 Å². The van der Waals surface area contributed by atoms with Crippen molar-refractivity contribution in [2.24, 2.45) is 5.92 Å². The lowest BCUT2D eigenvalue weighted by molar-refractivity contribution is -0.126. The van der Waals surface area contributed by atoms with Crippen LogP contribution in [-0.2, 0) is 9.59 Å². The average Bonchev–Trinajstić information content (AvgIpc) is 2.89. The summed E-state index contributed by atoms with van der Waals surface area (Å²) < 4.78 is 5.17. The number of nitrogens with zero attached hydrogens (tertiary/aromatic N) is 1. The zero-order chi connectivity index (χ0) is 15.2. The molecule has 21 heavy (non-hydrogen) atoms. The smallest absolute Gasteiger partial charge is 0.227 e. The Bertz CT molecular complexity index is 516. The van der Waals surface area contributed by atoms with E-state index in [1.165, 1.54) is 0 Å². The number of hydrogen-bond acceptors (Lipinski definition) is 3. The van der Waals surface area contributed by atoms with Crippen molar-refractivity contribution in [1.82, 2.24) is 5.32 Å². The van der Waals surface area contributed by atoms with Gasteiger partial charge in [-0.3, -0.25) is 9.59 Å². The number of hydrogen-bond donors (Lipinski definition) is 1. The molecule has 1 aromatic carbocycles. The van der Waals surface area contributed by atoms with Crippen LogP contribution in [0.1, 0.15) is 26.2 Å². The van der Waals surface area contributed by atoms with E-state index >= 15 is 0 Å². The summed E-state index contributed by atoms with van der Waals surface area (Å²) in [6.07, 6.45) is 2.28. The van der Waals surface area contributed by atoms with Gasteiger partial charge in [0.1, 0.15) is 5.75 Å². The number of ether oxygens (including phenoxy) is 1. The van der Waals surface area contributed by atoms with Crippen LogP contribution in [0.15, 0.2) is 24.3 Å². The van der Waals surface area contributed by atoms with Crippen molar-refractivity contribution in [1.29, 1.82) is 0 Å². The van der Waals surface area contributed by atoms with E-state index in [9.17, 15) is 9.59 Å². The van der Waals surface area contributed by atoms with Gasteiger partial charge in [0.25, 0.3) is 0 Å². The molecule has 1 aliphatic heterocycles. The van der Waals surface area contributed by atoms with E-state index in [0.717, 1.165) is 18.5 Å². The van der Waals surface area contributed by atoms with Crippen molar-refractivity contribution >= 4 is 17.5 Å². The molecule has 5 nitrogen and oxygen atoms in total. The van der Waals surface area contributed by atoms with Crippen LogP contribution in [0.3, 0.4) is 0 Å². The summed E-state index contributed by atoms with van der Waals surface area (Å²) in [6, 6.07) is 7.35. The predicted molar refractivity (Wildman–Crippen MR) is 81.4 cm³/mol. The summed E-state index contributed by atoms with van der Waals surface area (Å²) in [7, 11) is 1.59. The Labute approximate surface area is 125 Å². The second kappa shape index (κ2) is 7.11. The number of rotatable bonds is 6. The van der Waals surface area contributed by atoms with Gasteiger partial charge in [-0.05, 0) is 18.6 Å². The van der Waals surface area contributed by atoms with Crippen molar-refractivity contribution < 1.29 is 14.3 Å². The van der Waals surface area contributed by atoms with E-state index in [0.29, 0.717) is 18.8 Å². The number of benzene rings is 1. The SMILES string of the molecule is CCCCNC(=O)C1CC(=O)N(c2cccc(OC)c2)C1. The Balaban J connectivity index is 2.00. The van der Waals surface area contributed by atoms with Gasteiger partial charge in [-0.15, -0.1) is 0 Å². The molecule has 2 amide bonds. The molecule has 1 N–H and O–H groups in total. The Morgan fingerprint density at radius 3 is 3.00 bits per heavy atom. The minimum absolute atomic E-state index is 0.0149. The lowest BCUT2D eigenvalue weighted by atomic mass is 10.1. The molecular weight excluding hydrogens is 268 g/mol. The highest BCUT2D eigenvalue weighted by Crippen LogP contribution is 2.27. The predicted octanol–water partition coefficient (Wildman–Crippen LogP) is 1.96. The molecule has 114 valence electrons. The maximum Gasteiger partial charge on any atom is 0.227 e. The quantitative estimate of drug-likeness (QED) is 0.815. The molecule has 0 radical (unpaired) electrons. The molecule has 0 bridgehead atoms. The van der Waals surface area contributed by atoms with E-state index in [-0.39, 0.29) is 24.2 Å². The second-order valence-electron chi connectivity index (χ2n) is 5.25. The molecule has 0 aliphatic carbocycles. The van der Waals surface area contributed by atoms with Crippen LogP contribution in [0.2, 0.25) is 0 Å². The minimum atomic E-state index is -0.263. The number of nitrogens with one attached hydrogen (secondary N) is 1. The van der Waals surface area contributed by atoms with E-state index < -0.39 is 0 Å². The summed E-state index contributed by atoms with van der Waals surface area (Å²) in [5, 5.41) is 2.90. The molecule has 1 heterocycles. The Morgan fingerprint density at radius 1 is 1.48 bits per heavy atom. The molecular formula is C16H22N2O3. The van der Waals surface area contributed by atoms with Crippen LogP contribution < -0.4 is 15.0 Å². The number of anilines is 1. The summed E-state index contributed by atoms with van der Waals surface area (Å²) >= 11 is 0. The van der Waals surface area contributed by atoms with Crippen molar-refractivity contribution in [3.63, 3.8) is 0 Å². The third kappa shape index (κ3) is 3.74. The van der Waals surface area contributed by atoms with Crippen LogP contribution in [0.5, 0.6) is 5.75 Å². The zero-order valence-electron chi connectivity index (χ0n) is 12.6. The third-order valence-corrected chi connectivity index (χ3v) is 3.69. The van der Waals surface area contributed by atoms with E-state index in [4.69, 9.17) is 4.74 Å². The molecule has 0 aromatic heterocycles. The average molecular weight is 290 g/mol. The highest BCUT2D eigenvalue weighted by atomic mass is 16.5. The largest absolute Gasteiger partial charge is 0.497 e. The van der Waals surface area contributed by atoms with Crippen LogP contribution in [0, 0.1) is 5.92 Å². The number of unbranched alkanes of at least 4 members (excludes halogenated alkanes) is 1. The van der Waals surface area contributed by atoms with Crippen LogP contribution in [-0.4, -0.2) is 32.0 Å². The molecule has 0 saturated carbocycles. The third-order valence-electron chi connectivity index (χ3n) is 3.69. The van der Waals surface area contributed by atoms with Gasteiger partial charge in [0.05, 0.1) is 13.0 Å². The van der Waals surface area contributed by atoms with Gasteiger partial charge in [-0.1, -0.05) is 19.4 Å². The normalized spacial score (nSPS) is 17.9. The molecule has 5 heteroatoms. The van der Waals surface area contributed by atoms with Gasteiger partial charge in [0, 0.05) is 31.3 Å². The number of methoxy groups -OCH3 is 1. The molecule has 0 spiro atoms. The van der Waals surface area contributed by atoms with Gasteiger partial charge < -0.3 is 15.0 Å². The Hall–Kier alpha value is -2.04. The van der Waals surface area contributed by atoms with E-state index in [1.807, 2.05) is 24.3 Å². The van der Waals surface area contributed by atoms with Gasteiger partial charge in [0.2, 0.25) is 11.8 Å². The lowest BCUT2D eigenvalue weighted by Gasteiger charge is -2.17. The van der Waals surface area contributed by atoms with Gasteiger partial charge in [-0.2, -0.15) is 0 Å². The second-order valence-corrected chi connectivity index (χ2v) is 5.25. The van der Waals surface area contributed by atoms with Crippen molar-refractivity contribution in [3.8, 4) is 5.75 Å². The van der Waals surface area contributed by atoms with Crippen LogP contribution >= 0.6 is 0 Å². The fourth-order valence-electron chi connectivity index (χ4n) is 2.44. The van der Waals surface area contributed by atoms with Crippen molar-refractivity contribution in [2.75, 3.05) is 25.1 Å². The topological polar surface area (TPSA) is 58.6 Å². The summed E-state index contributed by atoms with van der Waals surface area (Å²) in [6.45, 7) is 3.19. The number of carbonyl (C=O) groups is 2. The number of carbonyl (C=O) groups excluding carboxylic acids is 2. The first-order chi connectivity index (χ1) is 10.2. The van der Waals surface area contributed by atoms with Gasteiger partial charge in [-0.25, -0.2) is 0 Å². The fourth-order valence-corrected chi connectivity index (χ4v) is 2.44. The monoisotopic (exact) mass is 290 g/mol. The highest BCUT2D eigenvalue weighted by Gasteiger charge is 2.34. The lowest BCUT2D eigenvalue weighted by Crippen LogP contribution is -2.33. The first-order valence-corrected chi connectivity index (χ1v) is 7.37. The highest BCUT2D eigenvalue weighted by molar-refractivity contribution is 6.00. The maximum atomic E-state index is 12.1.